The fraction of sp³-hybridized carbons (Fsp3) is 0.346. The van der Waals surface area contributed by atoms with Crippen LogP contribution in [0.2, 0.25) is 5.02 Å². The molecule has 1 heterocycles. The molecule has 0 N–H and O–H groups in total. The minimum Gasteiger partial charge on any atom is -0.299 e. The van der Waals surface area contributed by atoms with Gasteiger partial charge in [0.2, 0.25) is 0 Å². The van der Waals surface area contributed by atoms with Crippen LogP contribution in [0.4, 0.5) is 0 Å². The van der Waals surface area contributed by atoms with Crippen LogP contribution < -0.4 is 5.56 Å². The number of rotatable bonds is 4. The highest BCUT2D eigenvalue weighted by molar-refractivity contribution is 6.30. The molecule has 2 aromatic carbocycles. The van der Waals surface area contributed by atoms with Crippen LogP contribution in [0.5, 0.6) is 0 Å². The van der Waals surface area contributed by atoms with E-state index in [-0.39, 0.29) is 29.1 Å². The summed E-state index contributed by atoms with van der Waals surface area (Å²) in [6, 6.07) is 11.0. The highest BCUT2D eigenvalue weighted by atomic mass is 35.5. The third-order valence-corrected chi connectivity index (χ3v) is 6.55. The summed E-state index contributed by atoms with van der Waals surface area (Å²) in [4.78, 5) is 31.1. The Hall–Kier alpha value is -2.72. The molecule has 0 bridgehead atoms. The van der Waals surface area contributed by atoms with Crippen LogP contribution in [0.3, 0.4) is 0 Å². The van der Waals surface area contributed by atoms with E-state index in [1.165, 1.54) is 0 Å². The zero-order chi connectivity index (χ0) is 22.4. The Labute approximate surface area is 187 Å². The topological polar surface area (TPSA) is 52.0 Å². The summed E-state index contributed by atoms with van der Waals surface area (Å²) in [6.07, 6.45) is 1.63. The first-order valence-corrected chi connectivity index (χ1v) is 11.1. The molecule has 0 spiro atoms. The van der Waals surface area contributed by atoms with Gasteiger partial charge in [0, 0.05) is 22.8 Å². The number of allylic oxidation sites excluding steroid dienone is 1. The average Bonchev–Trinajstić information content (AvgIpc) is 2.73. The van der Waals surface area contributed by atoms with Gasteiger partial charge in [-0.3, -0.25) is 14.2 Å². The Balaban J connectivity index is 2.10. The van der Waals surface area contributed by atoms with Crippen molar-refractivity contribution < 1.29 is 4.79 Å². The van der Waals surface area contributed by atoms with Gasteiger partial charge in [-0.25, -0.2) is 4.98 Å². The number of hydrogen-bond donors (Lipinski definition) is 0. The largest absolute Gasteiger partial charge is 0.299 e. The maximum absolute atomic E-state index is 13.7. The summed E-state index contributed by atoms with van der Waals surface area (Å²) in [5, 5.41) is 1.18. The van der Waals surface area contributed by atoms with E-state index in [1.54, 1.807) is 23.6 Å². The third kappa shape index (κ3) is 3.63. The maximum atomic E-state index is 13.7. The van der Waals surface area contributed by atoms with E-state index in [0.717, 1.165) is 35.2 Å². The lowest BCUT2D eigenvalue weighted by atomic mass is 9.72. The maximum Gasteiger partial charge on any atom is 0.265 e. The van der Waals surface area contributed by atoms with E-state index < -0.39 is 0 Å². The number of benzene rings is 2. The van der Waals surface area contributed by atoms with Crippen molar-refractivity contribution in [3.05, 3.63) is 80.9 Å². The molecule has 4 rings (SSSR count). The van der Waals surface area contributed by atoms with Crippen LogP contribution >= 0.6 is 11.6 Å². The molecule has 1 aromatic heterocycles. The second kappa shape index (κ2) is 8.08. The van der Waals surface area contributed by atoms with Crippen molar-refractivity contribution >= 4 is 28.3 Å². The summed E-state index contributed by atoms with van der Waals surface area (Å²) in [5.74, 6) is 0.808. The molecule has 0 radical (unpaired) electrons. The molecule has 2 unspecified atom stereocenters. The van der Waals surface area contributed by atoms with Crippen LogP contribution in [0.15, 0.2) is 53.3 Å². The van der Waals surface area contributed by atoms with Crippen molar-refractivity contribution in [2.45, 2.75) is 58.3 Å². The Morgan fingerprint density at radius 2 is 1.74 bits per heavy atom. The molecule has 2 atom stereocenters. The predicted octanol–water partition coefficient (Wildman–Crippen LogP) is 6.29. The van der Waals surface area contributed by atoms with E-state index in [9.17, 15) is 9.59 Å². The monoisotopic (exact) mass is 434 g/mol. The average molecular weight is 435 g/mol. The van der Waals surface area contributed by atoms with Crippen molar-refractivity contribution in [2.24, 2.45) is 0 Å². The molecule has 160 valence electrons. The minimum absolute atomic E-state index is 0.0270. The van der Waals surface area contributed by atoms with Gasteiger partial charge in [0.05, 0.1) is 16.6 Å². The Kier molecular flexibility index (Phi) is 5.61. The van der Waals surface area contributed by atoms with Gasteiger partial charge < -0.3 is 0 Å². The van der Waals surface area contributed by atoms with Gasteiger partial charge in [0.1, 0.15) is 11.6 Å². The summed E-state index contributed by atoms with van der Waals surface area (Å²) >= 11 is 6.06. The summed E-state index contributed by atoms with van der Waals surface area (Å²) in [5.41, 5.74) is 4.36. The molecule has 5 heteroatoms. The van der Waals surface area contributed by atoms with E-state index in [0.29, 0.717) is 21.7 Å². The van der Waals surface area contributed by atoms with Gasteiger partial charge in [-0.1, -0.05) is 43.7 Å². The van der Waals surface area contributed by atoms with Gasteiger partial charge >= 0.3 is 0 Å². The Bertz CT molecular complexity index is 1260. The van der Waals surface area contributed by atoms with Crippen molar-refractivity contribution in [1.29, 1.82) is 0 Å². The van der Waals surface area contributed by atoms with Crippen LogP contribution in [0.1, 0.15) is 75.2 Å². The predicted molar refractivity (Wildman–Crippen MR) is 127 cm³/mol. The number of hydrogen-bond acceptors (Lipinski definition) is 3. The lowest BCUT2D eigenvalue weighted by Crippen LogP contribution is -2.27. The number of fused-ring (bicyclic) bond motifs is 3. The van der Waals surface area contributed by atoms with Crippen molar-refractivity contribution in [3.63, 3.8) is 0 Å². The number of ketones is 1. The van der Waals surface area contributed by atoms with Crippen LogP contribution in [-0.4, -0.2) is 15.3 Å². The quantitative estimate of drug-likeness (QED) is 0.453. The molecule has 0 saturated carbocycles. The molecule has 31 heavy (non-hydrogen) atoms. The smallest absolute Gasteiger partial charge is 0.265 e. The second-order valence-corrected chi connectivity index (χ2v) is 9.28. The lowest BCUT2D eigenvalue weighted by Gasteiger charge is -2.32. The van der Waals surface area contributed by atoms with E-state index in [1.807, 2.05) is 45.0 Å². The van der Waals surface area contributed by atoms with Gasteiger partial charge in [0.25, 0.3) is 5.56 Å². The first kappa shape index (κ1) is 21.5. The highest BCUT2D eigenvalue weighted by Gasteiger charge is 2.33. The first-order valence-electron chi connectivity index (χ1n) is 10.7. The zero-order valence-corrected chi connectivity index (χ0v) is 19.2. The van der Waals surface area contributed by atoms with Gasteiger partial charge in [-0.15, -0.1) is 0 Å². The molecule has 0 aliphatic heterocycles. The molecule has 0 fully saturated rings. The minimum atomic E-state index is -0.155. The van der Waals surface area contributed by atoms with Gasteiger partial charge in [-0.2, -0.15) is 0 Å². The van der Waals surface area contributed by atoms with Gasteiger partial charge in [-0.05, 0) is 68.1 Å². The number of Topliss-reactive ketones (excluding diaryl/α,β-unsaturated/α-hetero) is 1. The molecule has 0 amide bonds. The zero-order valence-electron chi connectivity index (χ0n) is 18.4. The SMILES string of the molecule is C=C(C)C1CCC(C(C)=O)c2ccc3c(=O)n(-c4ccc(Cl)cc4)c(C(C)C)nc3c21. The number of aromatic nitrogens is 2. The van der Waals surface area contributed by atoms with Crippen LogP contribution in [-0.2, 0) is 4.79 Å². The first-order chi connectivity index (χ1) is 14.7. The normalized spacial score (nSPS) is 18.3. The molecular formula is C26H27ClN2O2. The Morgan fingerprint density at radius 3 is 2.32 bits per heavy atom. The van der Waals surface area contributed by atoms with Crippen molar-refractivity contribution in [2.75, 3.05) is 0 Å². The summed E-state index contributed by atoms with van der Waals surface area (Å²) in [7, 11) is 0. The van der Waals surface area contributed by atoms with E-state index >= 15 is 0 Å². The fourth-order valence-electron chi connectivity index (χ4n) is 4.75. The Morgan fingerprint density at radius 1 is 1.10 bits per heavy atom. The molecule has 0 saturated heterocycles. The summed E-state index contributed by atoms with van der Waals surface area (Å²) in [6.45, 7) is 11.9. The third-order valence-electron chi connectivity index (χ3n) is 6.29. The van der Waals surface area contributed by atoms with Crippen LogP contribution in [0.25, 0.3) is 16.6 Å². The lowest BCUT2D eigenvalue weighted by molar-refractivity contribution is -0.118. The highest BCUT2D eigenvalue weighted by Crippen LogP contribution is 2.44. The van der Waals surface area contributed by atoms with Crippen LogP contribution in [0, 0.1) is 0 Å². The summed E-state index contributed by atoms with van der Waals surface area (Å²) < 4.78 is 1.68. The molecule has 3 aromatic rings. The fourth-order valence-corrected chi connectivity index (χ4v) is 4.88. The van der Waals surface area contributed by atoms with Crippen molar-refractivity contribution in [3.8, 4) is 5.69 Å². The molecule has 1 aliphatic rings. The van der Waals surface area contributed by atoms with E-state index in [4.69, 9.17) is 16.6 Å². The number of carbonyl (C=O) groups excluding carboxylic acids is 1. The van der Waals surface area contributed by atoms with Gasteiger partial charge in [0.15, 0.2) is 0 Å². The molecule has 1 aliphatic carbocycles. The number of nitrogens with zero attached hydrogens (tertiary/aromatic N) is 2. The van der Waals surface area contributed by atoms with Crippen molar-refractivity contribution in [1.82, 2.24) is 9.55 Å². The molecule has 4 nitrogen and oxygen atoms in total. The number of halogens is 1. The second-order valence-electron chi connectivity index (χ2n) is 8.85. The standard InChI is InChI=1S/C26H27ClN2O2/c1-14(2)19-10-11-20(16(5)30)21-12-13-22-24(23(19)21)28-25(15(3)4)29(26(22)31)18-8-6-17(27)7-9-18/h6-9,12-13,15,19-20H,1,10-11H2,2-5H3. The molecular weight excluding hydrogens is 408 g/mol. The number of carbonyl (C=O) groups is 1. The van der Waals surface area contributed by atoms with E-state index in [2.05, 4.69) is 6.58 Å².